The second kappa shape index (κ2) is 3.96. The van der Waals surface area contributed by atoms with E-state index < -0.39 is 0 Å². The van der Waals surface area contributed by atoms with Gasteiger partial charge in [0.2, 0.25) is 0 Å². The Morgan fingerprint density at radius 2 is 2.06 bits per heavy atom. The first-order valence-electron chi connectivity index (χ1n) is 6.54. The second-order valence-corrected chi connectivity index (χ2v) is 6.59. The zero-order valence-corrected chi connectivity index (χ0v) is 11.9. The summed E-state index contributed by atoms with van der Waals surface area (Å²) in [4.78, 5) is 4.83. The fraction of sp³-hybridized carbons (Fsp3) is 0.438. The molecule has 0 saturated heterocycles. The number of fused-ring (bicyclic) bond motifs is 2. The van der Waals surface area contributed by atoms with Crippen molar-refractivity contribution in [1.29, 1.82) is 0 Å². The van der Waals surface area contributed by atoms with Crippen LogP contribution < -0.4 is 0 Å². The average Bonchev–Trinajstić information content (AvgIpc) is 2.29. The molecule has 1 aliphatic carbocycles. The minimum absolute atomic E-state index is 0.349. The van der Waals surface area contributed by atoms with Gasteiger partial charge in [0.25, 0.3) is 0 Å². The molecule has 18 heavy (non-hydrogen) atoms. The quantitative estimate of drug-likeness (QED) is 0.668. The van der Waals surface area contributed by atoms with Crippen molar-refractivity contribution in [3.8, 4) is 0 Å². The van der Waals surface area contributed by atoms with Crippen LogP contribution in [0.3, 0.4) is 0 Å². The normalized spacial score (nSPS) is 17.8. The highest BCUT2D eigenvalue weighted by molar-refractivity contribution is 6.36. The Morgan fingerprint density at radius 1 is 1.28 bits per heavy atom. The summed E-state index contributed by atoms with van der Waals surface area (Å²) in [6.07, 6.45) is 3.28. The lowest BCUT2D eigenvalue weighted by molar-refractivity contribution is 0.311. The number of nitrogens with zero attached hydrogens (tertiary/aromatic N) is 1. The molecule has 0 amide bonds. The van der Waals surface area contributed by atoms with Crippen molar-refractivity contribution in [2.75, 3.05) is 0 Å². The molecule has 0 radical (unpaired) electrons. The molecular weight excluding hydrogens is 242 g/mol. The molecule has 1 heterocycles. The van der Waals surface area contributed by atoms with E-state index in [0.29, 0.717) is 5.41 Å². The number of hydrogen-bond acceptors (Lipinski definition) is 1. The largest absolute Gasteiger partial charge is 0.252 e. The molecule has 0 N–H and O–H groups in total. The second-order valence-electron chi connectivity index (χ2n) is 6.21. The van der Waals surface area contributed by atoms with Crippen LogP contribution in [-0.2, 0) is 12.8 Å². The van der Waals surface area contributed by atoms with Crippen molar-refractivity contribution >= 4 is 22.5 Å². The van der Waals surface area contributed by atoms with E-state index in [4.69, 9.17) is 16.6 Å². The molecule has 94 valence electrons. The Labute approximate surface area is 113 Å². The van der Waals surface area contributed by atoms with Crippen molar-refractivity contribution < 1.29 is 0 Å². The standard InChI is InChI=1S/C16H18ClN/c1-10-4-5-13-12(8-10)15(17)11-6-7-16(2,3)9-14(11)18-13/h4-5,8H,6-7,9H2,1-3H3. The van der Waals surface area contributed by atoms with Gasteiger partial charge >= 0.3 is 0 Å². The monoisotopic (exact) mass is 259 g/mol. The van der Waals surface area contributed by atoms with Crippen LogP contribution in [0.25, 0.3) is 10.9 Å². The summed E-state index contributed by atoms with van der Waals surface area (Å²) in [6.45, 7) is 6.72. The summed E-state index contributed by atoms with van der Waals surface area (Å²) >= 11 is 6.58. The summed E-state index contributed by atoms with van der Waals surface area (Å²) in [6, 6.07) is 6.33. The molecule has 1 nitrogen and oxygen atoms in total. The molecular formula is C16H18ClN. The van der Waals surface area contributed by atoms with Crippen molar-refractivity contribution in [3.05, 3.63) is 40.0 Å². The Bertz CT molecular complexity index is 629. The fourth-order valence-electron chi connectivity index (χ4n) is 2.83. The third-order valence-electron chi connectivity index (χ3n) is 3.96. The van der Waals surface area contributed by atoms with E-state index >= 15 is 0 Å². The van der Waals surface area contributed by atoms with Crippen LogP contribution in [0.5, 0.6) is 0 Å². The topological polar surface area (TPSA) is 12.9 Å². The Hall–Kier alpha value is -1.08. The molecule has 2 heteroatoms. The first kappa shape index (κ1) is 12.0. The van der Waals surface area contributed by atoms with Crippen LogP contribution in [0.2, 0.25) is 5.02 Å². The average molecular weight is 260 g/mol. The van der Waals surface area contributed by atoms with Gasteiger partial charge in [0, 0.05) is 11.1 Å². The maximum Gasteiger partial charge on any atom is 0.0720 e. The van der Waals surface area contributed by atoms with Gasteiger partial charge in [-0.1, -0.05) is 37.1 Å². The molecule has 0 aliphatic heterocycles. The van der Waals surface area contributed by atoms with Crippen LogP contribution in [-0.4, -0.2) is 4.98 Å². The summed E-state index contributed by atoms with van der Waals surface area (Å²) in [5, 5.41) is 2.03. The predicted octanol–water partition coefficient (Wildman–Crippen LogP) is 4.71. The van der Waals surface area contributed by atoms with Gasteiger partial charge in [-0.15, -0.1) is 0 Å². The number of halogens is 1. The van der Waals surface area contributed by atoms with Gasteiger partial charge < -0.3 is 0 Å². The number of aromatic nitrogens is 1. The fourth-order valence-corrected chi connectivity index (χ4v) is 3.19. The van der Waals surface area contributed by atoms with Crippen molar-refractivity contribution in [2.24, 2.45) is 5.41 Å². The van der Waals surface area contributed by atoms with E-state index in [9.17, 15) is 0 Å². The number of hydrogen-bond donors (Lipinski definition) is 0. The van der Waals surface area contributed by atoms with Gasteiger partial charge in [-0.3, -0.25) is 4.98 Å². The Morgan fingerprint density at radius 3 is 2.83 bits per heavy atom. The Balaban J connectivity index is 2.26. The van der Waals surface area contributed by atoms with Crippen LogP contribution in [0.4, 0.5) is 0 Å². The van der Waals surface area contributed by atoms with Crippen LogP contribution in [0.15, 0.2) is 18.2 Å². The van der Waals surface area contributed by atoms with Crippen LogP contribution in [0, 0.1) is 12.3 Å². The summed E-state index contributed by atoms with van der Waals surface area (Å²) in [7, 11) is 0. The van der Waals surface area contributed by atoms with E-state index in [1.165, 1.54) is 23.2 Å². The van der Waals surface area contributed by atoms with Crippen molar-refractivity contribution in [3.63, 3.8) is 0 Å². The van der Waals surface area contributed by atoms with Crippen LogP contribution in [0.1, 0.15) is 37.1 Å². The van der Waals surface area contributed by atoms with E-state index in [0.717, 1.165) is 28.8 Å². The summed E-state index contributed by atoms with van der Waals surface area (Å²) in [5.74, 6) is 0. The number of aryl methyl sites for hydroxylation is 1. The van der Waals surface area contributed by atoms with Gasteiger partial charge in [0.05, 0.1) is 10.5 Å². The highest BCUT2D eigenvalue weighted by Gasteiger charge is 2.28. The zero-order chi connectivity index (χ0) is 12.9. The highest BCUT2D eigenvalue weighted by atomic mass is 35.5. The number of benzene rings is 1. The molecule has 3 rings (SSSR count). The van der Waals surface area contributed by atoms with Crippen molar-refractivity contribution in [2.45, 2.75) is 40.0 Å². The van der Waals surface area contributed by atoms with Crippen LogP contribution >= 0.6 is 11.6 Å². The zero-order valence-electron chi connectivity index (χ0n) is 11.2. The summed E-state index contributed by atoms with van der Waals surface area (Å²) < 4.78 is 0. The first-order valence-corrected chi connectivity index (χ1v) is 6.92. The lowest BCUT2D eigenvalue weighted by Crippen LogP contribution is -2.23. The third kappa shape index (κ3) is 1.91. The first-order chi connectivity index (χ1) is 8.46. The molecule has 1 aromatic carbocycles. The smallest absolute Gasteiger partial charge is 0.0720 e. The van der Waals surface area contributed by atoms with Gasteiger partial charge in [-0.05, 0) is 49.3 Å². The molecule has 1 aromatic heterocycles. The maximum atomic E-state index is 6.58. The SMILES string of the molecule is Cc1ccc2nc3c(c(Cl)c2c1)CCC(C)(C)C3. The lowest BCUT2D eigenvalue weighted by atomic mass is 9.76. The third-order valence-corrected chi connectivity index (χ3v) is 4.39. The molecule has 2 aromatic rings. The van der Waals surface area contributed by atoms with E-state index in [1.807, 2.05) is 0 Å². The summed E-state index contributed by atoms with van der Waals surface area (Å²) in [5.41, 5.74) is 5.09. The van der Waals surface area contributed by atoms with Gasteiger partial charge in [-0.25, -0.2) is 0 Å². The molecule has 0 fully saturated rings. The van der Waals surface area contributed by atoms with Crippen molar-refractivity contribution in [1.82, 2.24) is 4.98 Å². The molecule has 0 bridgehead atoms. The molecule has 0 saturated carbocycles. The number of rotatable bonds is 0. The van der Waals surface area contributed by atoms with E-state index in [1.54, 1.807) is 0 Å². The molecule has 0 spiro atoms. The molecule has 0 atom stereocenters. The number of pyridine rings is 1. The minimum Gasteiger partial charge on any atom is -0.252 e. The maximum absolute atomic E-state index is 6.58. The van der Waals surface area contributed by atoms with Gasteiger partial charge in [-0.2, -0.15) is 0 Å². The Kier molecular flexibility index (Phi) is 2.63. The highest BCUT2D eigenvalue weighted by Crippen LogP contribution is 2.39. The minimum atomic E-state index is 0.349. The lowest BCUT2D eigenvalue weighted by Gasteiger charge is -2.31. The molecule has 1 aliphatic rings. The molecule has 0 unspecified atom stereocenters. The predicted molar refractivity (Wildman–Crippen MR) is 77.3 cm³/mol. The van der Waals surface area contributed by atoms with E-state index in [-0.39, 0.29) is 0 Å². The van der Waals surface area contributed by atoms with Gasteiger partial charge in [0.1, 0.15) is 0 Å². The van der Waals surface area contributed by atoms with E-state index in [2.05, 4.69) is 39.0 Å². The van der Waals surface area contributed by atoms with Gasteiger partial charge in [0.15, 0.2) is 0 Å².